The first-order chi connectivity index (χ1) is 25.2. The maximum Gasteiger partial charge on any atom is 0.164 e. The third-order valence-corrected chi connectivity index (χ3v) is 9.42. The van der Waals surface area contributed by atoms with Crippen LogP contribution in [0.2, 0.25) is 0 Å². The van der Waals surface area contributed by atoms with E-state index in [1.54, 1.807) is 0 Å². The first kappa shape index (κ1) is 30.3. The van der Waals surface area contributed by atoms with Crippen LogP contribution >= 0.6 is 0 Å². The molecular weight excluding hydrogens is 621 g/mol. The Morgan fingerprint density at radius 1 is 0.471 bits per heavy atom. The maximum absolute atomic E-state index is 5.20. The molecule has 1 aliphatic carbocycles. The predicted molar refractivity (Wildman–Crippen MR) is 213 cm³/mol. The second-order valence-electron chi connectivity index (χ2n) is 12.7. The maximum atomic E-state index is 5.20. The number of para-hydroxylation sites is 1. The highest BCUT2D eigenvalue weighted by Gasteiger charge is 2.16. The Labute approximate surface area is 296 Å². The second-order valence-corrected chi connectivity index (χ2v) is 12.7. The minimum Gasteiger partial charge on any atom is -0.247 e. The number of nitrogens with zero attached hydrogens (tertiary/aromatic N) is 4. The summed E-state index contributed by atoms with van der Waals surface area (Å²) in [5.41, 5.74) is 6.61. The van der Waals surface area contributed by atoms with Crippen molar-refractivity contribution in [3.8, 4) is 34.0 Å². The van der Waals surface area contributed by atoms with Crippen LogP contribution in [-0.4, -0.2) is 19.9 Å². The van der Waals surface area contributed by atoms with Crippen molar-refractivity contribution in [2.24, 2.45) is 0 Å². The molecule has 0 radical (unpaired) electrons. The molecule has 4 heteroatoms. The van der Waals surface area contributed by atoms with Crippen LogP contribution in [0.5, 0.6) is 0 Å². The molecule has 1 aliphatic rings. The van der Waals surface area contributed by atoms with Gasteiger partial charge in [-0.05, 0) is 45.7 Å². The third-order valence-electron chi connectivity index (χ3n) is 9.42. The van der Waals surface area contributed by atoms with Crippen molar-refractivity contribution in [1.82, 2.24) is 19.9 Å². The van der Waals surface area contributed by atoms with E-state index in [1.165, 1.54) is 21.5 Å². The first-order valence-electron chi connectivity index (χ1n) is 17.1. The molecule has 0 bridgehead atoms. The predicted octanol–water partition coefficient (Wildman–Crippen LogP) is 11.9. The van der Waals surface area contributed by atoms with Gasteiger partial charge in [0.25, 0.3) is 0 Å². The monoisotopic (exact) mass is 652 g/mol. The van der Waals surface area contributed by atoms with E-state index in [1.807, 2.05) is 30.4 Å². The molecule has 9 rings (SSSR count). The van der Waals surface area contributed by atoms with Crippen LogP contribution in [0, 0.1) is 0 Å². The number of rotatable bonds is 4. The molecule has 51 heavy (non-hydrogen) atoms. The lowest BCUT2D eigenvalue weighted by Gasteiger charge is -2.13. The standard InChI is InChI=1S/C47H32N4/c1-31-12-4-2-3-5-15-35(21-20-31)45-49-46(51-47(50-45)38-27-22-32-13-6-7-16-37(32)30-38)36-25-23-34(24-26-36)44-41-29-28-33-14-8-9-17-39(33)43(41)40-18-10-11-19-42(40)48-44/h2-4,6-30H,1,5H2/b3-2-,12-4-,21-20-,35-15+. The van der Waals surface area contributed by atoms with E-state index >= 15 is 0 Å². The van der Waals surface area contributed by atoms with Crippen LogP contribution in [0.15, 0.2) is 182 Å². The van der Waals surface area contributed by atoms with Gasteiger partial charge in [0.2, 0.25) is 0 Å². The lowest BCUT2D eigenvalue weighted by atomic mass is 9.95. The molecule has 0 atom stereocenters. The summed E-state index contributed by atoms with van der Waals surface area (Å²) >= 11 is 0. The molecule has 0 fully saturated rings. The van der Waals surface area contributed by atoms with Crippen molar-refractivity contribution in [2.45, 2.75) is 6.42 Å². The highest BCUT2D eigenvalue weighted by atomic mass is 15.0. The van der Waals surface area contributed by atoms with Gasteiger partial charge in [0.05, 0.1) is 11.2 Å². The molecule has 2 heterocycles. The topological polar surface area (TPSA) is 51.6 Å². The molecule has 4 nitrogen and oxygen atoms in total. The fourth-order valence-electron chi connectivity index (χ4n) is 6.83. The summed E-state index contributed by atoms with van der Waals surface area (Å²) in [5, 5.41) is 8.25. The van der Waals surface area contributed by atoms with E-state index in [9.17, 15) is 0 Å². The van der Waals surface area contributed by atoms with Crippen LogP contribution in [0.4, 0.5) is 0 Å². The van der Waals surface area contributed by atoms with Gasteiger partial charge >= 0.3 is 0 Å². The highest BCUT2D eigenvalue weighted by molar-refractivity contribution is 6.22. The average molecular weight is 653 g/mol. The summed E-state index contributed by atoms with van der Waals surface area (Å²) in [4.78, 5) is 20.4. The van der Waals surface area contributed by atoms with Crippen molar-refractivity contribution >= 4 is 48.8 Å². The van der Waals surface area contributed by atoms with Crippen LogP contribution < -0.4 is 0 Å². The van der Waals surface area contributed by atoms with E-state index in [0.717, 1.165) is 61.6 Å². The van der Waals surface area contributed by atoms with Crippen LogP contribution in [-0.2, 0) is 0 Å². The van der Waals surface area contributed by atoms with Crippen molar-refractivity contribution in [2.75, 3.05) is 0 Å². The number of hydrogen-bond acceptors (Lipinski definition) is 4. The highest BCUT2D eigenvalue weighted by Crippen LogP contribution is 2.37. The van der Waals surface area contributed by atoms with Crippen molar-refractivity contribution in [3.05, 3.63) is 188 Å². The molecule has 2 aromatic heterocycles. The molecule has 240 valence electrons. The number of aromatic nitrogens is 4. The number of benzene rings is 6. The van der Waals surface area contributed by atoms with Crippen molar-refractivity contribution in [1.29, 1.82) is 0 Å². The summed E-state index contributed by atoms with van der Waals surface area (Å²) in [7, 11) is 0. The smallest absolute Gasteiger partial charge is 0.164 e. The first-order valence-corrected chi connectivity index (χ1v) is 17.1. The van der Waals surface area contributed by atoms with E-state index in [-0.39, 0.29) is 0 Å². The van der Waals surface area contributed by atoms with Crippen molar-refractivity contribution in [3.63, 3.8) is 0 Å². The molecule has 0 N–H and O–H groups in total. The van der Waals surface area contributed by atoms with Gasteiger partial charge in [-0.15, -0.1) is 0 Å². The summed E-state index contributed by atoms with van der Waals surface area (Å²) < 4.78 is 0. The number of allylic oxidation sites excluding steroid dienone is 9. The van der Waals surface area contributed by atoms with Gasteiger partial charge in [0.15, 0.2) is 17.5 Å². The minimum absolute atomic E-state index is 0.609. The van der Waals surface area contributed by atoms with Crippen molar-refractivity contribution < 1.29 is 0 Å². The molecule has 6 aromatic carbocycles. The summed E-state index contributed by atoms with van der Waals surface area (Å²) in [6, 6.07) is 44.5. The molecule has 0 saturated carbocycles. The normalized spacial score (nSPS) is 16.2. The Balaban J connectivity index is 1.19. The third kappa shape index (κ3) is 5.83. The van der Waals surface area contributed by atoms with Gasteiger partial charge in [-0.1, -0.05) is 164 Å². The van der Waals surface area contributed by atoms with Gasteiger partial charge in [-0.2, -0.15) is 0 Å². The van der Waals surface area contributed by atoms with Crippen LogP contribution in [0.1, 0.15) is 12.2 Å². The zero-order chi connectivity index (χ0) is 34.1. The summed E-state index contributed by atoms with van der Waals surface area (Å²) in [6.07, 6.45) is 15.1. The van der Waals surface area contributed by atoms with E-state index in [2.05, 4.69) is 146 Å². The zero-order valence-corrected chi connectivity index (χ0v) is 27.9. The Morgan fingerprint density at radius 2 is 1.14 bits per heavy atom. The zero-order valence-electron chi connectivity index (χ0n) is 27.9. The number of pyridine rings is 1. The second kappa shape index (κ2) is 12.9. The molecule has 8 aromatic rings. The van der Waals surface area contributed by atoms with Gasteiger partial charge in [-0.3, -0.25) is 0 Å². The molecule has 0 saturated heterocycles. The quantitative estimate of drug-likeness (QED) is 0.178. The fraction of sp³-hybridized carbons (Fsp3) is 0.0213. The van der Waals surface area contributed by atoms with Gasteiger partial charge in [-0.25, -0.2) is 19.9 Å². The Morgan fingerprint density at radius 3 is 2.00 bits per heavy atom. The number of hydrogen-bond donors (Lipinski definition) is 0. The molecule has 0 spiro atoms. The van der Waals surface area contributed by atoms with Gasteiger partial charge in [0.1, 0.15) is 0 Å². The molecular formula is C47H32N4. The SMILES string of the molecule is C=C1/C=C\C=C/C/C=C(c2nc(-c3ccc(-c4nc5ccccc5c5c4ccc4ccccc45)cc3)nc(-c3ccc4ccccc4c3)n2)\C=C/1. The molecule has 0 unspecified atom stereocenters. The van der Waals surface area contributed by atoms with Gasteiger partial charge in [0, 0.05) is 38.4 Å². The Kier molecular flexibility index (Phi) is 7.67. The van der Waals surface area contributed by atoms with E-state index in [0.29, 0.717) is 17.5 Å². The largest absolute Gasteiger partial charge is 0.247 e. The molecule has 0 amide bonds. The minimum atomic E-state index is 0.609. The Bertz CT molecular complexity index is 2770. The number of fused-ring (bicyclic) bond motifs is 6. The average Bonchev–Trinajstić information content (AvgIpc) is 3.19. The Hall–Kier alpha value is -6.78. The lowest BCUT2D eigenvalue weighted by Crippen LogP contribution is -2.02. The summed E-state index contributed by atoms with van der Waals surface area (Å²) in [6.45, 7) is 4.17. The van der Waals surface area contributed by atoms with Crippen LogP contribution in [0.3, 0.4) is 0 Å². The lowest BCUT2D eigenvalue weighted by molar-refractivity contribution is 1.04. The van der Waals surface area contributed by atoms with E-state index in [4.69, 9.17) is 19.9 Å². The summed E-state index contributed by atoms with van der Waals surface area (Å²) in [5.74, 6) is 1.85. The van der Waals surface area contributed by atoms with E-state index < -0.39 is 0 Å². The fourth-order valence-corrected chi connectivity index (χ4v) is 6.83. The van der Waals surface area contributed by atoms with Gasteiger partial charge < -0.3 is 0 Å². The van der Waals surface area contributed by atoms with Crippen LogP contribution in [0.25, 0.3) is 82.8 Å². The molecule has 0 aliphatic heterocycles.